The summed E-state index contributed by atoms with van der Waals surface area (Å²) >= 11 is 0. The van der Waals surface area contributed by atoms with E-state index in [1.807, 2.05) is 6.07 Å². The van der Waals surface area contributed by atoms with Crippen molar-refractivity contribution < 1.29 is 4.74 Å². The summed E-state index contributed by atoms with van der Waals surface area (Å²) in [4.78, 5) is 4.95. The van der Waals surface area contributed by atoms with E-state index in [0.29, 0.717) is 6.04 Å². The first-order valence-corrected chi connectivity index (χ1v) is 8.01. The van der Waals surface area contributed by atoms with Crippen molar-refractivity contribution in [1.82, 2.24) is 15.1 Å². The molecule has 1 atom stereocenters. The van der Waals surface area contributed by atoms with Gasteiger partial charge in [-0.3, -0.25) is 4.90 Å². The lowest BCUT2D eigenvalue weighted by Crippen LogP contribution is -2.47. The Labute approximate surface area is 129 Å². The standard InChI is InChI=1S/C17H29N3O/c1-4-9-18-16(14-20-12-10-19(2)11-13-20)15-7-5-6-8-17(15)21-3/h5-8,16,18H,4,9-14H2,1-3H3. The van der Waals surface area contributed by atoms with Gasteiger partial charge in [-0.05, 0) is 26.1 Å². The van der Waals surface area contributed by atoms with Gasteiger partial charge in [0.05, 0.1) is 7.11 Å². The molecule has 4 nitrogen and oxygen atoms in total. The maximum atomic E-state index is 5.55. The van der Waals surface area contributed by atoms with Crippen molar-refractivity contribution in [2.24, 2.45) is 0 Å². The summed E-state index contributed by atoms with van der Waals surface area (Å²) in [6.07, 6.45) is 1.15. The van der Waals surface area contributed by atoms with Crippen LogP contribution >= 0.6 is 0 Å². The highest BCUT2D eigenvalue weighted by Gasteiger charge is 2.21. The van der Waals surface area contributed by atoms with Crippen LogP contribution in [-0.4, -0.2) is 63.2 Å². The predicted molar refractivity (Wildman–Crippen MR) is 88.0 cm³/mol. The minimum atomic E-state index is 0.338. The average Bonchev–Trinajstić information content (AvgIpc) is 2.53. The van der Waals surface area contributed by atoms with Crippen molar-refractivity contribution in [3.05, 3.63) is 29.8 Å². The Hall–Kier alpha value is -1.10. The number of para-hydroxylation sites is 1. The Morgan fingerprint density at radius 1 is 1.19 bits per heavy atom. The molecule has 0 amide bonds. The van der Waals surface area contributed by atoms with Crippen LogP contribution in [0.5, 0.6) is 5.75 Å². The number of hydrogen-bond acceptors (Lipinski definition) is 4. The Balaban J connectivity index is 2.06. The fourth-order valence-corrected chi connectivity index (χ4v) is 2.83. The van der Waals surface area contributed by atoms with E-state index < -0.39 is 0 Å². The summed E-state index contributed by atoms with van der Waals surface area (Å²) in [7, 11) is 3.95. The second-order valence-corrected chi connectivity index (χ2v) is 5.85. The molecule has 1 aliphatic heterocycles. The lowest BCUT2D eigenvalue weighted by atomic mass is 10.0. The predicted octanol–water partition coefficient (Wildman–Crippen LogP) is 1.98. The third-order valence-electron chi connectivity index (χ3n) is 4.19. The third-order valence-corrected chi connectivity index (χ3v) is 4.19. The van der Waals surface area contributed by atoms with Gasteiger partial charge in [0.25, 0.3) is 0 Å². The average molecular weight is 291 g/mol. The maximum Gasteiger partial charge on any atom is 0.123 e. The number of rotatable bonds is 7. The number of hydrogen-bond donors (Lipinski definition) is 1. The molecule has 0 aromatic heterocycles. The van der Waals surface area contributed by atoms with Crippen LogP contribution in [0.2, 0.25) is 0 Å². The highest BCUT2D eigenvalue weighted by Crippen LogP contribution is 2.25. The van der Waals surface area contributed by atoms with Crippen molar-refractivity contribution in [2.75, 3.05) is 53.4 Å². The Morgan fingerprint density at radius 3 is 2.57 bits per heavy atom. The summed E-state index contributed by atoms with van der Waals surface area (Å²) in [6.45, 7) is 8.91. The second kappa shape index (κ2) is 8.37. The van der Waals surface area contributed by atoms with E-state index in [9.17, 15) is 0 Å². The summed E-state index contributed by atoms with van der Waals surface area (Å²) in [6, 6.07) is 8.71. The first-order chi connectivity index (χ1) is 10.2. The summed E-state index contributed by atoms with van der Waals surface area (Å²) in [5, 5.41) is 3.68. The first-order valence-electron chi connectivity index (χ1n) is 8.01. The SMILES string of the molecule is CCCNC(CN1CCN(C)CC1)c1ccccc1OC. The molecule has 1 aromatic carbocycles. The number of methoxy groups -OCH3 is 1. The monoisotopic (exact) mass is 291 g/mol. The lowest BCUT2D eigenvalue weighted by molar-refractivity contribution is 0.141. The second-order valence-electron chi connectivity index (χ2n) is 5.85. The maximum absolute atomic E-state index is 5.55. The lowest BCUT2D eigenvalue weighted by Gasteiger charge is -2.35. The molecule has 0 aliphatic carbocycles. The highest BCUT2D eigenvalue weighted by atomic mass is 16.5. The molecule has 0 bridgehead atoms. The fourth-order valence-electron chi connectivity index (χ4n) is 2.83. The van der Waals surface area contributed by atoms with Gasteiger partial charge in [0.15, 0.2) is 0 Å². The summed E-state index contributed by atoms with van der Waals surface area (Å²) in [5.41, 5.74) is 1.27. The molecule has 4 heteroatoms. The fraction of sp³-hybridized carbons (Fsp3) is 0.647. The molecule has 1 fully saturated rings. The van der Waals surface area contributed by atoms with Gasteiger partial charge in [0, 0.05) is 44.3 Å². The molecule has 1 aromatic rings. The van der Waals surface area contributed by atoms with E-state index in [2.05, 4.69) is 47.3 Å². The molecule has 1 aliphatic rings. The molecule has 0 saturated carbocycles. The molecule has 2 rings (SSSR count). The molecule has 1 heterocycles. The van der Waals surface area contributed by atoms with Gasteiger partial charge in [-0.25, -0.2) is 0 Å². The van der Waals surface area contributed by atoms with E-state index >= 15 is 0 Å². The highest BCUT2D eigenvalue weighted by molar-refractivity contribution is 5.36. The van der Waals surface area contributed by atoms with Gasteiger partial charge in [0.2, 0.25) is 0 Å². The van der Waals surface area contributed by atoms with Crippen molar-refractivity contribution in [1.29, 1.82) is 0 Å². The first kappa shape index (κ1) is 16.3. The van der Waals surface area contributed by atoms with E-state index in [-0.39, 0.29) is 0 Å². The minimum Gasteiger partial charge on any atom is -0.496 e. The van der Waals surface area contributed by atoms with Crippen molar-refractivity contribution in [3.8, 4) is 5.75 Å². The molecule has 1 unspecified atom stereocenters. The van der Waals surface area contributed by atoms with Gasteiger partial charge in [-0.15, -0.1) is 0 Å². The van der Waals surface area contributed by atoms with Crippen LogP contribution in [0.1, 0.15) is 24.9 Å². The van der Waals surface area contributed by atoms with Crippen molar-refractivity contribution >= 4 is 0 Å². The van der Waals surface area contributed by atoms with Gasteiger partial charge < -0.3 is 15.0 Å². The van der Waals surface area contributed by atoms with Crippen LogP contribution in [0.3, 0.4) is 0 Å². The topological polar surface area (TPSA) is 27.7 Å². The van der Waals surface area contributed by atoms with Crippen molar-refractivity contribution in [3.63, 3.8) is 0 Å². The van der Waals surface area contributed by atoms with E-state index in [4.69, 9.17) is 4.74 Å². The van der Waals surface area contributed by atoms with E-state index in [1.165, 1.54) is 5.56 Å². The zero-order valence-corrected chi connectivity index (χ0v) is 13.6. The van der Waals surface area contributed by atoms with Gasteiger partial charge in [-0.1, -0.05) is 25.1 Å². The quantitative estimate of drug-likeness (QED) is 0.831. The van der Waals surface area contributed by atoms with E-state index in [1.54, 1.807) is 7.11 Å². The number of benzene rings is 1. The van der Waals surface area contributed by atoms with Crippen LogP contribution in [0, 0.1) is 0 Å². The van der Waals surface area contributed by atoms with Gasteiger partial charge in [0.1, 0.15) is 5.75 Å². The third kappa shape index (κ3) is 4.70. The van der Waals surface area contributed by atoms with Gasteiger partial charge in [-0.2, -0.15) is 0 Å². The molecule has 1 saturated heterocycles. The van der Waals surface area contributed by atoms with Gasteiger partial charge >= 0.3 is 0 Å². The van der Waals surface area contributed by atoms with E-state index in [0.717, 1.165) is 51.4 Å². The van der Waals surface area contributed by atoms with Crippen LogP contribution in [0.15, 0.2) is 24.3 Å². The number of piperazine rings is 1. The molecule has 0 spiro atoms. The largest absolute Gasteiger partial charge is 0.496 e. The summed E-state index contributed by atoms with van der Waals surface area (Å²) in [5.74, 6) is 0.986. The van der Waals surface area contributed by atoms with Crippen molar-refractivity contribution in [2.45, 2.75) is 19.4 Å². The van der Waals surface area contributed by atoms with Crippen LogP contribution in [-0.2, 0) is 0 Å². The normalized spacial score (nSPS) is 18.6. The molecule has 0 radical (unpaired) electrons. The molecule has 1 N–H and O–H groups in total. The zero-order valence-electron chi connectivity index (χ0n) is 13.6. The smallest absolute Gasteiger partial charge is 0.123 e. The number of nitrogens with zero attached hydrogens (tertiary/aromatic N) is 2. The van der Waals surface area contributed by atoms with Crippen LogP contribution in [0.25, 0.3) is 0 Å². The van der Waals surface area contributed by atoms with Crippen LogP contribution < -0.4 is 10.1 Å². The molecule has 21 heavy (non-hydrogen) atoms. The molecular weight excluding hydrogens is 262 g/mol. The Morgan fingerprint density at radius 2 is 1.90 bits per heavy atom. The Kier molecular flexibility index (Phi) is 6.49. The summed E-state index contributed by atoms with van der Waals surface area (Å²) < 4.78 is 5.55. The molecule has 118 valence electrons. The number of likely N-dealkylation sites (N-methyl/N-ethyl adjacent to an activating group) is 1. The van der Waals surface area contributed by atoms with Crippen LogP contribution in [0.4, 0.5) is 0 Å². The number of ether oxygens (including phenoxy) is 1. The Bertz CT molecular complexity index is 416. The molecular formula is C17H29N3O. The number of nitrogens with one attached hydrogen (secondary N) is 1. The minimum absolute atomic E-state index is 0.338. The zero-order chi connectivity index (χ0) is 15.1.